The molecular formula is C29H41N3O5S. The Morgan fingerprint density at radius 3 is 2.26 bits per heavy atom. The van der Waals surface area contributed by atoms with Crippen LogP contribution in [0.3, 0.4) is 0 Å². The van der Waals surface area contributed by atoms with E-state index in [9.17, 15) is 13.2 Å². The molecule has 1 saturated heterocycles. The van der Waals surface area contributed by atoms with Crippen molar-refractivity contribution in [3.63, 3.8) is 0 Å². The summed E-state index contributed by atoms with van der Waals surface area (Å²) >= 11 is 0. The number of carbonyl (C=O) groups excluding carboxylic acids is 2. The average Bonchev–Trinajstić information content (AvgIpc) is 3.19. The molecule has 1 aliphatic rings. The van der Waals surface area contributed by atoms with Gasteiger partial charge in [-0.1, -0.05) is 50.2 Å². The number of methoxy groups -OCH3 is 1. The molecule has 208 valence electrons. The summed E-state index contributed by atoms with van der Waals surface area (Å²) in [6, 6.07) is 17.7. The highest BCUT2D eigenvalue weighted by molar-refractivity contribution is 7.89. The molecule has 1 amide bonds. The Balaban J connectivity index is 0.000000944. The maximum absolute atomic E-state index is 13.2. The normalized spacial score (nSPS) is 14.8. The lowest BCUT2D eigenvalue weighted by Gasteiger charge is -2.17. The standard InChI is InChI=1S/C24H27N3O3S.C2H6O.C2H6.CH2O/c1-17-6-2-7-19(16-17)26-24(28)22-11-3-10-21-20(22)9-4-12-23(21)31(29,30)27-18-8-5-14-25-15-13-18;1-3-2;2*1-2/h2-4,6-7,9-12,16,18,25,27H,5,8,13-15H2,1H3,(H,26,28);1-2H3;1-2H3;1H2. The van der Waals surface area contributed by atoms with E-state index >= 15 is 0 Å². The van der Waals surface area contributed by atoms with E-state index in [4.69, 9.17) is 4.79 Å². The molecule has 1 atom stereocenters. The summed E-state index contributed by atoms with van der Waals surface area (Å²) in [4.78, 5) is 21.2. The number of aryl methyl sites for hydroxylation is 1. The second kappa shape index (κ2) is 17.4. The molecule has 0 aromatic heterocycles. The number of carbonyl (C=O) groups is 2. The predicted molar refractivity (Wildman–Crippen MR) is 155 cm³/mol. The fourth-order valence-electron chi connectivity index (χ4n) is 4.05. The molecule has 0 radical (unpaired) electrons. The minimum Gasteiger partial charge on any atom is -0.388 e. The van der Waals surface area contributed by atoms with E-state index in [1.807, 2.05) is 51.8 Å². The second-order valence-electron chi connectivity index (χ2n) is 8.39. The first kappa shape index (κ1) is 32.9. The maximum Gasteiger partial charge on any atom is 0.256 e. The van der Waals surface area contributed by atoms with Gasteiger partial charge in [-0.25, -0.2) is 13.1 Å². The summed E-state index contributed by atoms with van der Waals surface area (Å²) in [7, 11) is -0.469. The van der Waals surface area contributed by atoms with Crippen LogP contribution in [0, 0.1) is 6.92 Å². The molecule has 0 saturated carbocycles. The first-order valence-corrected chi connectivity index (χ1v) is 14.2. The van der Waals surface area contributed by atoms with Crippen LogP contribution in [0.1, 0.15) is 49.0 Å². The molecule has 4 rings (SSSR count). The quantitative estimate of drug-likeness (QED) is 0.421. The fourth-order valence-corrected chi connectivity index (χ4v) is 5.58. The van der Waals surface area contributed by atoms with Gasteiger partial charge in [-0.3, -0.25) is 4.79 Å². The topological polar surface area (TPSA) is 114 Å². The Morgan fingerprint density at radius 2 is 1.58 bits per heavy atom. The summed E-state index contributed by atoms with van der Waals surface area (Å²) < 4.78 is 33.5. The van der Waals surface area contributed by atoms with Crippen LogP contribution in [0.25, 0.3) is 10.8 Å². The van der Waals surface area contributed by atoms with Gasteiger partial charge in [-0.2, -0.15) is 0 Å². The van der Waals surface area contributed by atoms with Gasteiger partial charge in [-0.05, 0) is 74.5 Å². The number of ether oxygens (including phenoxy) is 1. The molecule has 3 aromatic carbocycles. The lowest BCUT2D eigenvalue weighted by molar-refractivity contribution is -0.0980. The number of fused-ring (bicyclic) bond motifs is 1. The minimum atomic E-state index is -3.72. The molecule has 3 aromatic rings. The molecule has 38 heavy (non-hydrogen) atoms. The van der Waals surface area contributed by atoms with Crippen LogP contribution >= 0.6 is 0 Å². The maximum atomic E-state index is 13.2. The molecule has 1 fully saturated rings. The third-order valence-electron chi connectivity index (χ3n) is 5.59. The molecule has 0 aliphatic carbocycles. The zero-order chi connectivity index (χ0) is 28.6. The molecule has 1 aliphatic heterocycles. The van der Waals surface area contributed by atoms with Crippen LogP contribution in [-0.2, 0) is 19.6 Å². The highest BCUT2D eigenvalue weighted by atomic mass is 32.2. The highest BCUT2D eigenvalue weighted by Gasteiger charge is 2.24. The molecule has 9 heteroatoms. The number of rotatable bonds is 5. The van der Waals surface area contributed by atoms with Crippen molar-refractivity contribution >= 4 is 39.2 Å². The zero-order valence-electron chi connectivity index (χ0n) is 23.0. The van der Waals surface area contributed by atoms with Crippen molar-refractivity contribution in [2.45, 2.75) is 51.0 Å². The Labute approximate surface area is 227 Å². The van der Waals surface area contributed by atoms with E-state index in [-0.39, 0.29) is 16.8 Å². The SMILES string of the molecule is C=O.CC.COC.Cc1cccc(NC(=O)c2cccc3c(S(=O)(=O)NC4CCCNCC4)cccc23)c1. The van der Waals surface area contributed by atoms with Crippen molar-refractivity contribution in [1.82, 2.24) is 10.0 Å². The third kappa shape index (κ3) is 9.64. The number of nitrogens with one attached hydrogen (secondary N) is 3. The molecule has 0 spiro atoms. The largest absolute Gasteiger partial charge is 0.388 e. The Morgan fingerprint density at radius 1 is 0.947 bits per heavy atom. The smallest absolute Gasteiger partial charge is 0.256 e. The summed E-state index contributed by atoms with van der Waals surface area (Å²) in [6.45, 7) is 9.67. The number of anilines is 1. The van der Waals surface area contributed by atoms with E-state index in [1.165, 1.54) is 0 Å². The average molecular weight is 544 g/mol. The number of benzene rings is 3. The van der Waals surface area contributed by atoms with Gasteiger partial charge < -0.3 is 20.2 Å². The fraction of sp³-hybridized carbons (Fsp3) is 0.379. The predicted octanol–water partition coefficient (Wildman–Crippen LogP) is 4.92. The van der Waals surface area contributed by atoms with Crippen LogP contribution in [-0.4, -0.2) is 54.5 Å². The van der Waals surface area contributed by atoms with Crippen molar-refractivity contribution in [1.29, 1.82) is 0 Å². The van der Waals surface area contributed by atoms with Crippen LogP contribution in [0.15, 0.2) is 65.6 Å². The lowest BCUT2D eigenvalue weighted by Crippen LogP contribution is -2.35. The van der Waals surface area contributed by atoms with Gasteiger partial charge in [0.2, 0.25) is 10.0 Å². The Bertz CT molecular complexity index is 1240. The van der Waals surface area contributed by atoms with Crippen molar-refractivity contribution in [2.24, 2.45) is 0 Å². The van der Waals surface area contributed by atoms with Gasteiger partial charge in [0.15, 0.2) is 0 Å². The number of amides is 1. The van der Waals surface area contributed by atoms with Gasteiger partial charge in [0, 0.05) is 36.9 Å². The van der Waals surface area contributed by atoms with E-state index < -0.39 is 10.0 Å². The monoisotopic (exact) mass is 543 g/mol. The Kier molecular flexibility index (Phi) is 15.1. The molecule has 3 N–H and O–H groups in total. The molecular weight excluding hydrogens is 502 g/mol. The van der Waals surface area contributed by atoms with Crippen LogP contribution < -0.4 is 15.4 Å². The summed E-state index contributed by atoms with van der Waals surface area (Å²) in [5.74, 6) is -0.270. The number of hydrogen-bond donors (Lipinski definition) is 3. The van der Waals surface area contributed by atoms with Crippen LogP contribution in [0.2, 0.25) is 0 Å². The number of hydrogen-bond acceptors (Lipinski definition) is 6. The second-order valence-corrected chi connectivity index (χ2v) is 10.1. The van der Waals surface area contributed by atoms with Crippen molar-refractivity contribution < 1.29 is 22.7 Å². The van der Waals surface area contributed by atoms with E-state index in [0.717, 1.165) is 37.9 Å². The third-order valence-corrected chi connectivity index (χ3v) is 7.17. The van der Waals surface area contributed by atoms with Crippen molar-refractivity contribution in [3.8, 4) is 0 Å². The van der Waals surface area contributed by atoms with Crippen molar-refractivity contribution in [3.05, 3.63) is 71.8 Å². The van der Waals surface area contributed by atoms with E-state index in [0.29, 0.717) is 22.0 Å². The van der Waals surface area contributed by atoms with Crippen LogP contribution in [0.5, 0.6) is 0 Å². The van der Waals surface area contributed by atoms with Gasteiger partial charge in [0.1, 0.15) is 6.79 Å². The van der Waals surface area contributed by atoms with E-state index in [2.05, 4.69) is 20.1 Å². The first-order chi connectivity index (χ1) is 18.4. The molecule has 0 bridgehead atoms. The minimum absolute atomic E-state index is 0.0944. The molecule has 8 nitrogen and oxygen atoms in total. The molecule has 1 unspecified atom stereocenters. The molecule has 1 heterocycles. The van der Waals surface area contributed by atoms with Crippen LogP contribution in [0.4, 0.5) is 5.69 Å². The summed E-state index contributed by atoms with van der Waals surface area (Å²) in [5, 5.41) is 7.36. The van der Waals surface area contributed by atoms with Gasteiger partial charge in [0.25, 0.3) is 5.91 Å². The zero-order valence-corrected chi connectivity index (χ0v) is 23.9. The highest BCUT2D eigenvalue weighted by Crippen LogP contribution is 2.27. The summed E-state index contributed by atoms with van der Waals surface area (Å²) in [5.41, 5.74) is 2.19. The van der Waals surface area contributed by atoms with Gasteiger partial charge in [0.05, 0.1) is 4.90 Å². The van der Waals surface area contributed by atoms with Gasteiger partial charge >= 0.3 is 0 Å². The summed E-state index contributed by atoms with van der Waals surface area (Å²) in [6.07, 6.45) is 2.50. The number of sulfonamides is 1. The lowest BCUT2D eigenvalue weighted by atomic mass is 10.0. The van der Waals surface area contributed by atoms with Crippen molar-refractivity contribution in [2.75, 3.05) is 32.6 Å². The first-order valence-electron chi connectivity index (χ1n) is 12.7. The van der Waals surface area contributed by atoms with E-state index in [1.54, 1.807) is 50.6 Å². The Hall–Kier alpha value is -3.11. The van der Waals surface area contributed by atoms with Gasteiger partial charge in [-0.15, -0.1) is 0 Å².